The van der Waals surface area contributed by atoms with E-state index >= 15 is 4.39 Å². The van der Waals surface area contributed by atoms with Gasteiger partial charge in [-0.05, 0) is 26.8 Å². The van der Waals surface area contributed by atoms with E-state index in [1.165, 1.54) is 25.4 Å². The van der Waals surface area contributed by atoms with Crippen LogP contribution in [0.25, 0.3) is 0 Å². The van der Waals surface area contributed by atoms with Crippen LogP contribution in [0.1, 0.15) is 27.7 Å². The number of thioether (sulfide) groups is 1. The molecule has 0 aromatic heterocycles. The van der Waals surface area contributed by atoms with Crippen molar-refractivity contribution in [2.75, 3.05) is 19.9 Å². The van der Waals surface area contributed by atoms with Crippen LogP contribution in [0.15, 0.2) is 29.7 Å². The number of ether oxygens (including phenoxy) is 1. The third-order valence-corrected chi connectivity index (χ3v) is 8.35. The number of halogens is 1. The van der Waals surface area contributed by atoms with Crippen molar-refractivity contribution >= 4 is 31.1 Å². The van der Waals surface area contributed by atoms with Crippen molar-refractivity contribution in [2.24, 2.45) is 16.1 Å². The Hall–Kier alpha value is -1.39. The molecule has 4 N–H and O–H groups in total. The monoisotopic (exact) mass is 478 g/mol. The number of hydrogen-bond acceptors (Lipinski definition) is 9. The SMILES string of the molecule is C=C1N=C(N)C=CN1[C@@H]1S[C@H](COP(C)(=O)N[C@@H](C)C(=O)OC(C)C)[C@](C)(CO)C1F. The van der Waals surface area contributed by atoms with Crippen molar-refractivity contribution in [3.8, 4) is 0 Å². The second-order valence-electron chi connectivity index (χ2n) is 8.23. The molecule has 2 aliphatic heterocycles. The molecule has 1 saturated heterocycles. The smallest absolute Gasteiger partial charge is 0.323 e. The van der Waals surface area contributed by atoms with Gasteiger partial charge in [-0.3, -0.25) is 9.36 Å². The van der Waals surface area contributed by atoms with Crippen molar-refractivity contribution in [2.45, 2.75) is 56.6 Å². The number of aliphatic hydroxyl groups is 1. The zero-order chi connectivity index (χ0) is 23.6. The molecule has 0 aliphatic carbocycles. The van der Waals surface area contributed by atoms with Gasteiger partial charge >= 0.3 is 5.97 Å². The lowest BCUT2D eigenvalue weighted by Gasteiger charge is -2.33. The van der Waals surface area contributed by atoms with E-state index in [1.54, 1.807) is 37.9 Å². The second kappa shape index (κ2) is 10.0. The predicted molar refractivity (Wildman–Crippen MR) is 120 cm³/mol. The van der Waals surface area contributed by atoms with Gasteiger partial charge in [-0.2, -0.15) is 0 Å². The topological polar surface area (TPSA) is 126 Å². The van der Waals surface area contributed by atoms with Gasteiger partial charge in [0, 0.05) is 23.5 Å². The Kier molecular flexibility index (Phi) is 8.38. The highest BCUT2D eigenvalue weighted by Crippen LogP contribution is 2.52. The molecule has 9 nitrogen and oxygen atoms in total. The van der Waals surface area contributed by atoms with Gasteiger partial charge in [0.1, 0.15) is 29.2 Å². The van der Waals surface area contributed by atoms with E-state index in [0.717, 1.165) is 0 Å². The maximum atomic E-state index is 15.4. The summed E-state index contributed by atoms with van der Waals surface area (Å²) < 4.78 is 39.0. The normalized spacial score (nSPS) is 31.5. The first-order valence-electron chi connectivity index (χ1n) is 9.91. The lowest BCUT2D eigenvalue weighted by atomic mass is 9.82. The van der Waals surface area contributed by atoms with Crippen LogP contribution in [-0.4, -0.2) is 70.6 Å². The standard InChI is InChI=1S/C19H32FN4O5PS/c1-11(2)29-18(26)12(3)23-30(6,27)28-9-14-19(5,10-25)16(20)17(31-14)24-8-7-15(21)22-13(24)4/h7-8,11-12,14,16-17,25H,4,9-10H2,1-3,5-6H3,(H2,21,22)(H,23,27)/t12-,14+,16?,17+,19-,30?/m0/s1. The number of nitrogens with one attached hydrogen (secondary N) is 1. The van der Waals surface area contributed by atoms with E-state index < -0.39 is 48.3 Å². The Morgan fingerprint density at radius 3 is 2.74 bits per heavy atom. The van der Waals surface area contributed by atoms with Crippen molar-refractivity contribution < 1.29 is 28.1 Å². The van der Waals surface area contributed by atoms with Gasteiger partial charge in [-0.25, -0.2) is 14.5 Å². The fraction of sp³-hybridized carbons (Fsp3) is 0.684. The number of rotatable bonds is 9. The highest BCUT2D eigenvalue weighted by atomic mass is 32.2. The van der Waals surface area contributed by atoms with Crippen LogP contribution < -0.4 is 10.8 Å². The molecule has 0 aromatic carbocycles. The molecule has 0 radical (unpaired) electrons. The van der Waals surface area contributed by atoms with Gasteiger partial charge in [0.05, 0.1) is 19.3 Å². The summed E-state index contributed by atoms with van der Waals surface area (Å²) >= 11 is 1.24. The minimum Gasteiger partial charge on any atom is -0.462 e. The zero-order valence-electron chi connectivity index (χ0n) is 18.4. The number of amidine groups is 1. The quantitative estimate of drug-likeness (QED) is 0.338. The van der Waals surface area contributed by atoms with Gasteiger partial charge in [-0.15, -0.1) is 11.8 Å². The molecular formula is C19H32FN4O5PS. The molecule has 0 saturated carbocycles. The summed E-state index contributed by atoms with van der Waals surface area (Å²) in [4.78, 5) is 17.6. The van der Waals surface area contributed by atoms with Gasteiger partial charge in [0.2, 0.25) is 0 Å². The Bertz CT molecular complexity index is 810. The van der Waals surface area contributed by atoms with Crippen LogP contribution in [0.5, 0.6) is 0 Å². The number of hydrogen-bond donors (Lipinski definition) is 3. The fourth-order valence-corrected chi connectivity index (χ4v) is 6.41. The molecule has 6 atom stereocenters. The van der Waals surface area contributed by atoms with Gasteiger partial charge in [0.25, 0.3) is 7.52 Å². The average Bonchev–Trinajstić information content (AvgIpc) is 2.91. The molecule has 1 fully saturated rings. The number of aliphatic hydroxyl groups excluding tert-OH is 1. The van der Waals surface area contributed by atoms with E-state index in [2.05, 4.69) is 16.7 Å². The summed E-state index contributed by atoms with van der Waals surface area (Å²) in [6.45, 7) is 11.2. The summed E-state index contributed by atoms with van der Waals surface area (Å²) in [5, 5.41) is 11.4. The molecule has 0 amide bonds. The van der Waals surface area contributed by atoms with Gasteiger partial charge in [-0.1, -0.05) is 13.5 Å². The van der Waals surface area contributed by atoms with Crippen molar-refractivity contribution in [3.63, 3.8) is 0 Å². The maximum absolute atomic E-state index is 15.4. The number of esters is 1. The average molecular weight is 479 g/mol. The van der Waals surface area contributed by atoms with Crippen LogP contribution in [0.4, 0.5) is 4.39 Å². The first kappa shape index (κ1) is 25.9. The number of aliphatic imine (C=N–C) groups is 1. The highest BCUT2D eigenvalue weighted by Gasteiger charge is 2.55. The third kappa shape index (κ3) is 6.10. The molecular weight excluding hydrogens is 446 g/mol. The van der Waals surface area contributed by atoms with Crippen molar-refractivity contribution in [1.29, 1.82) is 0 Å². The molecule has 31 heavy (non-hydrogen) atoms. The number of alkyl halides is 1. The fourth-order valence-electron chi connectivity index (χ4n) is 3.23. The molecule has 2 heterocycles. The molecule has 0 spiro atoms. The second-order valence-corrected chi connectivity index (χ2v) is 11.8. The molecule has 176 valence electrons. The predicted octanol–water partition coefficient (Wildman–Crippen LogP) is 2.19. The minimum atomic E-state index is -3.41. The summed E-state index contributed by atoms with van der Waals surface area (Å²) in [6.07, 6.45) is 1.40. The summed E-state index contributed by atoms with van der Waals surface area (Å²) in [6, 6.07) is -0.842. The Balaban J connectivity index is 2.06. The summed E-state index contributed by atoms with van der Waals surface area (Å²) in [7, 11) is -3.41. The minimum absolute atomic E-state index is 0.0964. The van der Waals surface area contributed by atoms with Crippen LogP contribution in [0.3, 0.4) is 0 Å². The molecule has 2 aliphatic rings. The Labute approximate surface area is 186 Å². The first-order valence-corrected chi connectivity index (χ1v) is 12.9. The van der Waals surface area contributed by atoms with Crippen LogP contribution in [-0.2, 0) is 18.6 Å². The van der Waals surface area contributed by atoms with Crippen LogP contribution in [0.2, 0.25) is 0 Å². The number of carbonyl (C=O) groups excluding carboxylic acids is 1. The Morgan fingerprint density at radius 1 is 1.55 bits per heavy atom. The number of carbonyl (C=O) groups is 1. The number of nitrogens with two attached hydrogens (primary N) is 1. The van der Waals surface area contributed by atoms with Crippen LogP contribution in [0, 0.1) is 5.41 Å². The van der Waals surface area contributed by atoms with E-state index in [1.807, 2.05) is 0 Å². The van der Waals surface area contributed by atoms with E-state index in [9.17, 15) is 14.5 Å². The van der Waals surface area contributed by atoms with Crippen molar-refractivity contribution in [3.05, 3.63) is 24.7 Å². The molecule has 2 rings (SSSR count). The van der Waals surface area contributed by atoms with E-state index in [-0.39, 0.29) is 18.5 Å². The molecule has 2 unspecified atom stereocenters. The Morgan fingerprint density at radius 2 is 2.19 bits per heavy atom. The number of nitrogens with zero attached hydrogens (tertiary/aromatic N) is 2. The molecule has 0 bridgehead atoms. The molecule has 0 aromatic rings. The summed E-state index contributed by atoms with van der Waals surface area (Å²) in [5.74, 6) is 0.0186. The van der Waals surface area contributed by atoms with Crippen molar-refractivity contribution in [1.82, 2.24) is 9.99 Å². The lowest BCUT2D eigenvalue weighted by molar-refractivity contribution is -0.149. The van der Waals surface area contributed by atoms with E-state index in [0.29, 0.717) is 5.82 Å². The largest absolute Gasteiger partial charge is 0.462 e. The third-order valence-electron chi connectivity index (χ3n) is 5.10. The first-order chi connectivity index (χ1) is 14.3. The van der Waals surface area contributed by atoms with E-state index in [4.69, 9.17) is 15.0 Å². The van der Waals surface area contributed by atoms with Crippen LogP contribution >= 0.6 is 19.3 Å². The highest BCUT2D eigenvalue weighted by molar-refractivity contribution is 8.00. The summed E-state index contributed by atoms with van der Waals surface area (Å²) in [5.41, 5.74) is 4.50. The van der Waals surface area contributed by atoms with Gasteiger partial charge < -0.3 is 25.0 Å². The maximum Gasteiger partial charge on any atom is 0.323 e. The zero-order valence-corrected chi connectivity index (χ0v) is 20.2. The molecule has 12 heteroatoms. The lowest BCUT2D eigenvalue weighted by Crippen LogP contribution is -2.44. The van der Waals surface area contributed by atoms with Gasteiger partial charge in [0.15, 0.2) is 0 Å².